The first kappa shape index (κ1) is 26.5. The highest BCUT2D eigenvalue weighted by Crippen LogP contribution is 2.51. The number of phenols is 1. The van der Waals surface area contributed by atoms with E-state index in [1.54, 1.807) is 12.1 Å². The number of nitrogens with one attached hydrogen (secondary N) is 2. The topological polar surface area (TPSA) is 106 Å². The van der Waals surface area contributed by atoms with E-state index < -0.39 is 23.6 Å². The number of nitrogens with zero attached hydrogens (tertiary/aromatic N) is 1. The molecule has 2 fully saturated rings. The van der Waals surface area contributed by atoms with Crippen LogP contribution in [0.25, 0.3) is 0 Å². The van der Waals surface area contributed by atoms with Gasteiger partial charge in [-0.15, -0.1) is 0 Å². The van der Waals surface area contributed by atoms with E-state index in [-0.39, 0.29) is 22.6 Å². The van der Waals surface area contributed by atoms with Gasteiger partial charge in [0.2, 0.25) is 0 Å². The number of piperidine rings is 1. The Morgan fingerprint density at radius 3 is 2.73 bits per heavy atom. The van der Waals surface area contributed by atoms with Gasteiger partial charge < -0.3 is 25.4 Å². The van der Waals surface area contributed by atoms with E-state index in [9.17, 15) is 19.8 Å². The first-order valence-corrected chi connectivity index (χ1v) is 15.1. The quantitative estimate of drug-likeness (QED) is 0.383. The van der Waals surface area contributed by atoms with Crippen molar-refractivity contribution in [3.05, 3.63) is 98.0 Å². The summed E-state index contributed by atoms with van der Waals surface area (Å²) in [5.41, 5.74) is 5.64. The Labute approximate surface area is 240 Å². The number of phenolic OH excluding ortho intramolecular Hbond substituents is 1. The third-order valence-electron chi connectivity index (χ3n) is 10.5. The van der Waals surface area contributed by atoms with E-state index >= 15 is 0 Å². The number of carbonyl (C=O) groups excluding carboxylic acids is 1. The fraction of sp³-hybridized carbons (Fsp3) is 0.471. The van der Waals surface area contributed by atoms with Crippen LogP contribution in [0.4, 0.5) is 0 Å². The van der Waals surface area contributed by atoms with E-state index in [2.05, 4.69) is 29.0 Å². The van der Waals surface area contributed by atoms with Crippen LogP contribution in [0.3, 0.4) is 0 Å². The molecule has 4 N–H and O–H groups in total. The zero-order chi connectivity index (χ0) is 28.5. The number of aromatic hydroxyl groups is 1. The molecule has 1 saturated heterocycles. The molecule has 1 aliphatic heterocycles. The van der Waals surface area contributed by atoms with Crippen molar-refractivity contribution in [2.45, 2.75) is 76.0 Å². The second-order valence-corrected chi connectivity index (χ2v) is 13.0. The summed E-state index contributed by atoms with van der Waals surface area (Å²) in [6.07, 6.45) is 4.76. The number of fused-ring (bicyclic) bond motifs is 3. The predicted octanol–water partition coefficient (Wildman–Crippen LogP) is 3.93. The minimum atomic E-state index is -0.722. The van der Waals surface area contributed by atoms with Crippen LogP contribution < -0.4 is 10.9 Å². The Kier molecular flexibility index (Phi) is 6.36. The van der Waals surface area contributed by atoms with E-state index in [1.165, 1.54) is 18.4 Å². The second kappa shape index (κ2) is 9.85. The van der Waals surface area contributed by atoms with Gasteiger partial charge in [-0.3, -0.25) is 9.59 Å². The lowest BCUT2D eigenvalue weighted by Gasteiger charge is -2.55. The molecule has 2 heterocycles. The Bertz CT molecular complexity index is 1580. The zero-order valence-electron chi connectivity index (χ0n) is 23.8. The summed E-state index contributed by atoms with van der Waals surface area (Å²) in [4.78, 5) is 32.6. The van der Waals surface area contributed by atoms with Crippen LogP contribution in [0.15, 0.2) is 53.3 Å². The van der Waals surface area contributed by atoms with Gasteiger partial charge in [-0.25, -0.2) is 0 Å². The number of benzene rings is 2. The monoisotopic (exact) mass is 553 g/mol. The molecule has 0 spiro atoms. The van der Waals surface area contributed by atoms with Gasteiger partial charge >= 0.3 is 0 Å². The van der Waals surface area contributed by atoms with E-state index in [4.69, 9.17) is 0 Å². The molecule has 3 aliphatic carbocycles. The molecule has 1 amide bonds. The van der Waals surface area contributed by atoms with Crippen molar-refractivity contribution in [3.63, 3.8) is 0 Å². The summed E-state index contributed by atoms with van der Waals surface area (Å²) in [5.74, 6) is 0.885. The van der Waals surface area contributed by atoms with Gasteiger partial charge in [0.1, 0.15) is 11.3 Å². The lowest BCUT2D eigenvalue weighted by atomic mass is 9.55. The summed E-state index contributed by atoms with van der Waals surface area (Å²) in [7, 11) is 0. The van der Waals surface area contributed by atoms with Crippen LogP contribution in [0.2, 0.25) is 0 Å². The Balaban J connectivity index is 1.24. The molecule has 214 valence electrons. The number of aliphatic hydroxyl groups is 1. The third-order valence-corrected chi connectivity index (χ3v) is 10.5. The Morgan fingerprint density at radius 1 is 1.12 bits per heavy atom. The number of rotatable bonds is 5. The van der Waals surface area contributed by atoms with Gasteiger partial charge in [0.05, 0.1) is 12.1 Å². The summed E-state index contributed by atoms with van der Waals surface area (Å²) >= 11 is 0. The smallest absolute Gasteiger partial charge is 0.261 e. The zero-order valence-corrected chi connectivity index (χ0v) is 23.8. The minimum absolute atomic E-state index is 0.0969. The summed E-state index contributed by atoms with van der Waals surface area (Å²) in [6, 6.07) is 15.0. The van der Waals surface area contributed by atoms with E-state index in [0.717, 1.165) is 59.8 Å². The molecule has 3 aromatic rings. The van der Waals surface area contributed by atoms with Crippen molar-refractivity contribution in [3.8, 4) is 5.75 Å². The predicted molar refractivity (Wildman–Crippen MR) is 157 cm³/mol. The summed E-state index contributed by atoms with van der Waals surface area (Å²) in [5, 5.41) is 24.1. The minimum Gasteiger partial charge on any atom is -0.508 e. The fourth-order valence-electron chi connectivity index (χ4n) is 8.14. The number of likely N-dealkylation sites (tertiary alicyclic amines) is 1. The van der Waals surface area contributed by atoms with Crippen LogP contribution in [0.1, 0.15) is 76.1 Å². The van der Waals surface area contributed by atoms with Gasteiger partial charge in [-0.1, -0.05) is 30.3 Å². The molecule has 2 aromatic carbocycles. The van der Waals surface area contributed by atoms with Gasteiger partial charge in [-0.05, 0) is 110 Å². The van der Waals surface area contributed by atoms with Crippen LogP contribution >= 0.6 is 0 Å². The van der Waals surface area contributed by atoms with Crippen molar-refractivity contribution < 1.29 is 15.0 Å². The standard InChI is InChI=1S/C34H39N3O4/c1-19-7-10-24(38)16-27(19)34-11-12-37(18-21-8-9-21)20(2)28(34)14-23-13-26(32(40)35-29(23)17-34)33(41)36-31-25-6-4-3-5-22(25)15-30(31)39/h3-7,10,13,16,20-21,28,30-31,38-39H,8-9,11-12,14-15,17-18H2,1-2H3,(H,35,40)(H,36,41)/t20-,28+,30+,31-,34-/m1/s1. The number of aryl methyl sites for hydroxylation is 1. The molecule has 0 radical (unpaired) electrons. The molecule has 41 heavy (non-hydrogen) atoms. The maximum atomic E-state index is 13.5. The number of hydrogen-bond donors (Lipinski definition) is 4. The van der Waals surface area contributed by atoms with E-state index in [1.807, 2.05) is 36.4 Å². The average Bonchev–Trinajstić information content (AvgIpc) is 3.72. The van der Waals surface area contributed by atoms with Gasteiger partial charge in [0.25, 0.3) is 11.5 Å². The summed E-state index contributed by atoms with van der Waals surface area (Å²) < 4.78 is 0. The number of H-pyrrole nitrogens is 1. The maximum Gasteiger partial charge on any atom is 0.261 e. The lowest BCUT2D eigenvalue weighted by molar-refractivity contribution is 0.0246. The number of hydrogen-bond acceptors (Lipinski definition) is 5. The van der Waals surface area contributed by atoms with Gasteiger partial charge in [0.15, 0.2) is 0 Å². The third kappa shape index (κ3) is 4.50. The largest absolute Gasteiger partial charge is 0.508 e. The van der Waals surface area contributed by atoms with Gasteiger partial charge in [-0.2, -0.15) is 0 Å². The highest BCUT2D eigenvalue weighted by Gasteiger charge is 2.52. The van der Waals surface area contributed by atoms with Gasteiger partial charge in [0, 0.05) is 30.1 Å². The average molecular weight is 554 g/mol. The first-order valence-electron chi connectivity index (χ1n) is 15.1. The second-order valence-electron chi connectivity index (χ2n) is 13.0. The normalized spacial score (nSPS) is 29.0. The molecule has 1 saturated carbocycles. The van der Waals surface area contributed by atoms with E-state index in [0.29, 0.717) is 18.9 Å². The molecule has 5 atom stereocenters. The number of aromatic amines is 1. The number of pyridine rings is 1. The molecular weight excluding hydrogens is 514 g/mol. The van der Waals surface area contributed by atoms with Crippen molar-refractivity contribution in [2.75, 3.05) is 13.1 Å². The Morgan fingerprint density at radius 2 is 1.93 bits per heavy atom. The molecule has 0 unspecified atom stereocenters. The van der Waals surface area contributed by atoms with Crippen molar-refractivity contribution >= 4 is 5.91 Å². The molecule has 7 heteroatoms. The van der Waals surface area contributed by atoms with Crippen molar-refractivity contribution in [1.29, 1.82) is 0 Å². The van der Waals surface area contributed by atoms with Crippen molar-refractivity contribution in [1.82, 2.24) is 15.2 Å². The van der Waals surface area contributed by atoms with Crippen LogP contribution in [0.5, 0.6) is 5.75 Å². The molecule has 1 aromatic heterocycles. The maximum absolute atomic E-state index is 13.5. The van der Waals surface area contributed by atoms with Crippen LogP contribution in [-0.4, -0.2) is 51.2 Å². The fourth-order valence-corrected chi connectivity index (χ4v) is 8.14. The number of amides is 1. The number of aromatic nitrogens is 1. The molecule has 0 bridgehead atoms. The molecular formula is C34H39N3O4. The summed E-state index contributed by atoms with van der Waals surface area (Å²) in [6.45, 7) is 6.57. The SMILES string of the molecule is Cc1ccc(O)cc1[C@]12CCN(CC3CC3)[C@H](C)[C@@H]1Cc1cc(C(=O)N[C@@H]3c4ccccc4C[C@@H]3O)c(=O)[nH]c1C2. The lowest BCUT2D eigenvalue weighted by Crippen LogP contribution is -2.59. The molecule has 4 aliphatic rings. The number of carbonyl (C=O) groups is 1. The van der Waals surface area contributed by atoms with Crippen LogP contribution in [-0.2, 0) is 24.7 Å². The Hall–Kier alpha value is -3.42. The van der Waals surface area contributed by atoms with Crippen LogP contribution in [0, 0.1) is 18.8 Å². The number of aliphatic hydroxyl groups excluding tert-OH is 1. The first-order chi connectivity index (χ1) is 19.7. The van der Waals surface area contributed by atoms with Crippen molar-refractivity contribution in [2.24, 2.45) is 11.8 Å². The molecule has 7 nitrogen and oxygen atoms in total. The highest BCUT2D eigenvalue weighted by atomic mass is 16.3. The highest BCUT2D eigenvalue weighted by molar-refractivity contribution is 5.94. The molecule has 7 rings (SSSR count).